The van der Waals surface area contributed by atoms with Gasteiger partial charge >= 0.3 is 11.9 Å². The SMILES string of the molecule is CC(C)(CCCCCCCCCCCCCCCCCCCCCCCCCC(=O)O)C(=O)O. The fourth-order valence-corrected chi connectivity index (χ4v) is 4.66. The van der Waals surface area contributed by atoms with E-state index in [1.54, 1.807) is 0 Å². The van der Waals surface area contributed by atoms with Gasteiger partial charge in [0, 0.05) is 6.42 Å². The van der Waals surface area contributed by atoms with E-state index in [4.69, 9.17) is 10.2 Å². The number of carboxylic acid groups (broad SMARTS) is 2. The topological polar surface area (TPSA) is 74.6 Å². The molecular formula is C30H58O4. The van der Waals surface area contributed by atoms with E-state index >= 15 is 0 Å². The highest BCUT2D eigenvalue weighted by molar-refractivity contribution is 5.73. The maximum absolute atomic E-state index is 11.1. The predicted octanol–water partition coefficient (Wildman–Crippen LogP) is 9.93. The summed E-state index contributed by atoms with van der Waals surface area (Å²) < 4.78 is 0. The Labute approximate surface area is 211 Å². The Morgan fingerprint density at radius 2 is 0.676 bits per heavy atom. The van der Waals surface area contributed by atoms with Crippen LogP contribution in [-0.4, -0.2) is 22.2 Å². The Balaban J connectivity index is 3.12. The summed E-state index contributed by atoms with van der Waals surface area (Å²) in [5.41, 5.74) is -0.562. The zero-order valence-electron chi connectivity index (χ0n) is 22.9. The fraction of sp³-hybridized carbons (Fsp3) is 0.933. The summed E-state index contributed by atoms with van der Waals surface area (Å²) in [5.74, 6) is -1.33. The van der Waals surface area contributed by atoms with Crippen LogP contribution in [0.15, 0.2) is 0 Å². The summed E-state index contributed by atoms with van der Waals surface area (Å²) in [6, 6.07) is 0. The van der Waals surface area contributed by atoms with Gasteiger partial charge in [0.1, 0.15) is 0 Å². The van der Waals surface area contributed by atoms with Crippen LogP contribution in [0.1, 0.15) is 174 Å². The normalized spacial score (nSPS) is 11.7. The average Bonchev–Trinajstić information content (AvgIpc) is 2.78. The Morgan fingerprint density at radius 1 is 0.441 bits per heavy atom. The fourth-order valence-electron chi connectivity index (χ4n) is 4.66. The Bertz CT molecular complexity index is 472. The molecule has 202 valence electrons. The molecule has 0 amide bonds. The van der Waals surface area contributed by atoms with Crippen molar-refractivity contribution in [3.8, 4) is 0 Å². The second kappa shape index (κ2) is 23.7. The van der Waals surface area contributed by atoms with Crippen LogP contribution >= 0.6 is 0 Å². The lowest BCUT2D eigenvalue weighted by Gasteiger charge is -2.18. The maximum Gasteiger partial charge on any atom is 0.309 e. The third-order valence-corrected chi connectivity index (χ3v) is 7.27. The third-order valence-electron chi connectivity index (χ3n) is 7.27. The molecule has 4 nitrogen and oxygen atoms in total. The van der Waals surface area contributed by atoms with Gasteiger partial charge in [0.2, 0.25) is 0 Å². The average molecular weight is 483 g/mol. The summed E-state index contributed by atoms with van der Waals surface area (Å²) in [4.78, 5) is 21.5. The summed E-state index contributed by atoms with van der Waals surface area (Å²) >= 11 is 0. The first-order chi connectivity index (χ1) is 16.4. The zero-order chi connectivity index (χ0) is 25.3. The molecule has 0 bridgehead atoms. The summed E-state index contributed by atoms with van der Waals surface area (Å²) in [7, 11) is 0. The predicted molar refractivity (Wildman–Crippen MR) is 144 cm³/mol. The molecule has 0 aliphatic rings. The maximum atomic E-state index is 11.1. The molecule has 0 fully saturated rings. The number of hydrogen-bond acceptors (Lipinski definition) is 2. The third kappa shape index (κ3) is 24.1. The molecule has 0 aliphatic carbocycles. The van der Waals surface area contributed by atoms with Crippen LogP contribution in [-0.2, 0) is 9.59 Å². The molecule has 0 aromatic carbocycles. The second-order valence-electron chi connectivity index (χ2n) is 11.2. The first-order valence-electron chi connectivity index (χ1n) is 14.8. The second-order valence-corrected chi connectivity index (χ2v) is 11.2. The minimum Gasteiger partial charge on any atom is -0.481 e. The van der Waals surface area contributed by atoms with E-state index in [1.165, 1.54) is 128 Å². The number of aliphatic carboxylic acids is 2. The minimum atomic E-state index is -0.672. The number of hydrogen-bond donors (Lipinski definition) is 2. The summed E-state index contributed by atoms with van der Waals surface area (Å²) in [6.45, 7) is 3.66. The van der Waals surface area contributed by atoms with Crippen LogP contribution in [0.2, 0.25) is 0 Å². The van der Waals surface area contributed by atoms with Crippen molar-refractivity contribution >= 4 is 11.9 Å². The number of carboxylic acids is 2. The van der Waals surface area contributed by atoms with Crippen LogP contribution in [0.5, 0.6) is 0 Å². The van der Waals surface area contributed by atoms with Crippen molar-refractivity contribution in [2.45, 2.75) is 174 Å². The lowest BCUT2D eigenvalue weighted by atomic mass is 9.87. The van der Waals surface area contributed by atoms with Crippen molar-refractivity contribution in [2.75, 3.05) is 0 Å². The molecule has 0 atom stereocenters. The van der Waals surface area contributed by atoms with E-state index in [0.717, 1.165) is 25.7 Å². The highest BCUT2D eigenvalue weighted by Gasteiger charge is 2.25. The van der Waals surface area contributed by atoms with Gasteiger partial charge in [-0.2, -0.15) is 0 Å². The van der Waals surface area contributed by atoms with Crippen molar-refractivity contribution in [1.29, 1.82) is 0 Å². The van der Waals surface area contributed by atoms with Crippen LogP contribution in [0.3, 0.4) is 0 Å². The van der Waals surface area contributed by atoms with Gasteiger partial charge in [0.05, 0.1) is 5.41 Å². The van der Waals surface area contributed by atoms with Crippen molar-refractivity contribution < 1.29 is 19.8 Å². The van der Waals surface area contributed by atoms with Gasteiger partial charge in [-0.05, 0) is 26.7 Å². The van der Waals surface area contributed by atoms with Crippen molar-refractivity contribution in [3.63, 3.8) is 0 Å². The molecule has 0 spiro atoms. The molecule has 0 heterocycles. The highest BCUT2D eigenvalue weighted by Crippen LogP contribution is 2.24. The van der Waals surface area contributed by atoms with Gasteiger partial charge in [0.15, 0.2) is 0 Å². The monoisotopic (exact) mass is 482 g/mol. The Kier molecular flexibility index (Phi) is 22.9. The molecule has 0 saturated heterocycles. The van der Waals surface area contributed by atoms with E-state index in [0.29, 0.717) is 6.42 Å². The first kappa shape index (κ1) is 32.9. The molecule has 0 rings (SSSR count). The van der Waals surface area contributed by atoms with Crippen molar-refractivity contribution in [1.82, 2.24) is 0 Å². The Morgan fingerprint density at radius 3 is 0.912 bits per heavy atom. The van der Waals surface area contributed by atoms with Crippen LogP contribution < -0.4 is 0 Å². The van der Waals surface area contributed by atoms with Crippen LogP contribution in [0.4, 0.5) is 0 Å². The first-order valence-corrected chi connectivity index (χ1v) is 14.8. The smallest absolute Gasteiger partial charge is 0.309 e. The molecule has 4 heteroatoms. The molecule has 0 radical (unpaired) electrons. The van der Waals surface area contributed by atoms with E-state index < -0.39 is 17.4 Å². The quantitative estimate of drug-likeness (QED) is 0.114. The van der Waals surface area contributed by atoms with Gasteiger partial charge < -0.3 is 10.2 Å². The molecule has 0 saturated carbocycles. The largest absolute Gasteiger partial charge is 0.481 e. The molecule has 0 aromatic rings. The summed E-state index contributed by atoms with van der Waals surface area (Å²) in [5, 5.41) is 17.7. The van der Waals surface area contributed by atoms with Gasteiger partial charge in [-0.3, -0.25) is 9.59 Å². The molecule has 0 aromatic heterocycles. The number of unbranched alkanes of at least 4 members (excludes halogenated alkanes) is 22. The molecular weight excluding hydrogens is 424 g/mol. The molecule has 34 heavy (non-hydrogen) atoms. The Hall–Kier alpha value is -1.06. The summed E-state index contributed by atoms with van der Waals surface area (Å²) in [6.07, 6.45) is 31.1. The van der Waals surface area contributed by atoms with Gasteiger partial charge in [-0.25, -0.2) is 0 Å². The molecule has 2 N–H and O–H groups in total. The van der Waals surface area contributed by atoms with Crippen LogP contribution in [0.25, 0.3) is 0 Å². The molecule has 0 aliphatic heterocycles. The van der Waals surface area contributed by atoms with E-state index in [-0.39, 0.29) is 0 Å². The zero-order valence-corrected chi connectivity index (χ0v) is 22.9. The van der Waals surface area contributed by atoms with E-state index in [9.17, 15) is 9.59 Å². The molecule has 0 unspecified atom stereocenters. The van der Waals surface area contributed by atoms with Crippen molar-refractivity contribution in [3.05, 3.63) is 0 Å². The van der Waals surface area contributed by atoms with E-state index in [1.807, 2.05) is 13.8 Å². The van der Waals surface area contributed by atoms with Crippen molar-refractivity contribution in [2.24, 2.45) is 5.41 Å². The van der Waals surface area contributed by atoms with Crippen LogP contribution in [0, 0.1) is 5.41 Å². The number of carbonyl (C=O) groups is 2. The van der Waals surface area contributed by atoms with Gasteiger partial charge in [-0.15, -0.1) is 0 Å². The van der Waals surface area contributed by atoms with Gasteiger partial charge in [-0.1, -0.05) is 141 Å². The lowest BCUT2D eigenvalue weighted by Crippen LogP contribution is -2.23. The highest BCUT2D eigenvalue weighted by atomic mass is 16.4. The van der Waals surface area contributed by atoms with E-state index in [2.05, 4.69) is 0 Å². The minimum absolute atomic E-state index is 0.333. The lowest BCUT2D eigenvalue weighted by molar-refractivity contribution is -0.147. The number of rotatable bonds is 27. The standard InChI is InChI=1S/C30H58O4/c1-30(2,29(33)34)27-25-23-21-19-17-15-13-11-9-7-5-3-4-6-8-10-12-14-16-18-20-22-24-26-28(31)32/h3-27H2,1-2H3,(H,31,32)(H,33,34). The van der Waals surface area contributed by atoms with Gasteiger partial charge in [0.25, 0.3) is 0 Å².